The molecule has 90 valence electrons. The summed E-state index contributed by atoms with van der Waals surface area (Å²) >= 11 is 0. The number of carbonyl (C=O) groups excluding carboxylic acids is 1. The fourth-order valence-electron chi connectivity index (χ4n) is 1.47. The second-order valence-corrected chi connectivity index (χ2v) is 3.44. The summed E-state index contributed by atoms with van der Waals surface area (Å²) < 4.78 is 9.95. The highest BCUT2D eigenvalue weighted by Gasteiger charge is 2.21. The summed E-state index contributed by atoms with van der Waals surface area (Å²) in [4.78, 5) is 21.4. The number of nitriles is 1. The number of rotatable bonds is 1. The zero-order chi connectivity index (χ0) is 13.1. The van der Waals surface area contributed by atoms with Gasteiger partial charge in [-0.05, 0) is 12.1 Å². The van der Waals surface area contributed by atoms with Gasteiger partial charge in [-0.25, -0.2) is 9.59 Å². The van der Waals surface area contributed by atoms with Gasteiger partial charge in [0.15, 0.2) is 11.5 Å². The van der Waals surface area contributed by atoms with Crippen molar-refractivity contribution in [3.05, 3.63) is 29.3 Å². The molecule has 2 rings (SSSR count). The van der Waals surface area contributed by atoms with Gasteiger partial charge in [0.25, 0.3) is 0 Å². The van der Waals surface area contributed by atoms with Crippen LogP contribution >= 0.6 is 0 Å². The van der Waals surface area contributed by atoms with E-state index in [-0.39, 0.29) is 18.1 Å². The number of ether oxygens (including phenoxy) is 2. The fraction of sp³-hybridized carbons (Fsp3) is 0.0833. The summed E-state index contributed by atoms with van der Waals surface area (Å²) in [7, 11) is 0. The number of carbonyl (C=O) groups is 2. The average molecular weight is 245 g/mol. The van der Waals surface area contributed by atoms with Gasteiger partial charge in [-0.3, -0.25) is 0 Å². The molecule has 0 unspecified atom stereocenters. The third-order valence-electron chi connectivity index (χ3n) is 2.23. The van der Waals surface area contributed by atoms with Crippen LogP contribution in [-0.4, -0.2) is 23.7 Å². The summed E-state index contributed by atoms with van der Waals surface area (Å²) in [6.45, 7) is 0.0607. The monoisotopic (exact) mass is 245 g/mol. The first-order valence-corrected chi connectivity index (χ1v) is 4.93. The number of fused-ring (bicyclic) bond motifs is 1. The summed E-state index contributed by atoms with van der Waals surface area (Å²) in [5.41, 5.74) is 0.998. The summed E-state index contributed by atoms with van der Waals surface area (Å²) in [6, 6.07) is 6.62. The molecule has 0 amide bonds. The van der Waals surface area contributed by atoms with Crippen LogP contribution in [0.5, 0.6) is 11.5 Å². The van der Waals surface area contributed by atoms with Gasteiger partial charge in [0.1, 0.15) is 6.61 Å². The lowest BCUT2D eigenvalue weighted by molar-refractivity contribution is -0.158. The molecule has 0 saturated carbocycles. The Morgan fingerprint density at radius 1 is 1.44 bits per heavy atom. The van der Waals surface area contributed by atoms with Crippen LogP contribution in [0.4, 0.5) is 0 Å². The van der Waals surface area contributed by atoms with E-state index in [2.05, 4.69) is 4.74 Å². The quantitative estimate of drug-likeness (QED) is 0.450. The molecule has 6 nitrogen and oxygen atoms in total. The first-order valence-electron chi connectivity index (χ1n) is 4.93. The van der Waals surface area contributed by atoms with Crippen molar-refractivity contribution in [1.29, 1.82) is 5.26 Å². The second-order valence-electron chi connectivity index (χ2n) is 3.44. The minimum absolute atomic E-state index is 0.0214. The molecular formula is C12H7NO5. The topological polar surface area (TPSA) is 96.6 Å². The van der Waals surface area contributed by atoms with E-state index in [0.29, 0.717) is 11.1 Å². The zero-order valence-corrected chi connectivity index (χ0v) is 9.04. The van der Waals surface area contributed by atoms with Crippen molar-refractivity contribution in [3.63, 3.8) is 0 Å². The molecule has 6 heteroatoms. The van der Waals surface area contributed by atoms with Crippen LogP contribution in [0.2, 0.25) is 0 Å². The van der Waals surface area contributed by atoms with Gasteiger partial charge in [0.05, 0.1) is 11.6 Å². The predicted molar refractivity (Wildman–Crippen MR) is 58.8 cm³/mol. The third-order valence-corrected chi connectivity index (χ3v) is 2.23. The molecule has 0 saturated heterocycles. The van der Waals surface area contributed by atoms with Crippen molar-refractivity contribution >= 4 is 18.0 Å². The number of carboxylic acid groups (broad SMARTS) is 1. The highest BCUT2D eigenvalue weighted by molar-refractivity contribution is 6.29. The number of carboxylic acids is 1. The highest BCUT2D eigenvalue weighted by Crippen LogP contribution is 2.35. The molecule has 1 aliphatic rings. The van der Waals surface area contributed by atoms with Gasteiger partial charge in [-0.15, -0.1) is 0 Å². The maximum absolute atomic E-state index is 11.0. The Balaban J connectivity index is 2.36. The van der Waals surface area contributed by atoms with Crippen molar-refractivity contribution in [2.75, 3.05) is 6.61 Å². The molecule has 0 radical (unpaired) electrons. The lowest BCUT2D eigenvalue weighted by Gasteiger charge is -2.16. The Bertz CT molecular complexity index is 597. The highest BCUT2D eigenvalue weighted by atomic mass is 16.6. The van der Waals surface area contributed by atoms with E-state index >= 15 is 0 Å². The van der Waals surface area contributed by atoms with E-state index in [4.69, 9.17) is 15.1 Å². The fourth-order valence-corrected chi connectivity index (χ4v) is 1.47. The molecule has 0 aliphatic carbocycles. The largest absolute Gasteiger partial charge is 0.484 e. The van der Waals surface area contributed by atoms with Gasteiger partial charge < -0.3 is 14.6 Å². The molecule has 1 aromatic rings. The molecule has 0 spiro atoms. The van der Waals surface area contributed by atoms with Gasteiger partial charge in [-0.2, -0.15) is 5.26 Å². The van der Waals surface area contributed by atoms with Crippen LogP contribution in [0.3, 0.4) is 0 Å². The van der Waals surface area contributed by atoms with E-state index in [1.165, 1.54) is 6.07 Å². The molecule has 1 heterocycles. The zero-order valence-electron chi connectivity index (χ0n) is 9.04. The standard InChI is InChI=1S/C12H7NO5/c13-5-7-4-8-2-1-3-9(10(8)17-6-7)18-12(16)11(14)15/h1-4H,6H2,(H,14,15). The first kappa shape index (κ1) is 11.7. The predicted octanol–water partition coefficient (Wildman–Crippen LogP) is 0.976. The third kappa shape index (κ3) is 2.15. The van der Waals surface area contributed by atoms with Crippen molar-refractivity contribution in [2.24, 2.45) is 0 Å². The number of esters is 1. The van der Waals surface area contributed by atoms with E-state index in [1.54, 1.807) is 18.2 Å². The minimum Gasteiger partial charge on any atom is -0.484 e. The Hall–Kier alpha value is -2.81. The summed E-state index contributed by atoms with van der Waals surface area (Å²) in [5, 5.41) is 17.2. The number of para-hydroxylation sites is 1. The Morgan fingerprint density at radius 3 is 2.89 bits per heavy atom. The van der Waals surface area contributed by atoms with Crippen molar-refractivity contribution in [1.82, 2.24) is 0 Å². The van der Waals surface area contributed by atoms with Crippen LogP contribution in [0, 0.1) is 11.3 Å². The number of hydrogen-bond acceptors (Lipinski definition) is 5. The summed E-state index contributed by atoms with van der Waals surface area (Å²) in [6.07, 6.45) is 1.59. The summed E-state index contributed by atoms with van der Waals surface area (Å²) in [5.74, 6) is -2.79. The van der Waals surface area contributed by atoms with Crippen LogP contribution in [0.15, 0.2) is 23.8 Å². The number of benzene rings is 1. The average Bonchev–Trinajstić information content (AvgIpc) is 2.38. The Morgan fingerprint density at radius 2 is 2.22 bits per heavy atom. The molecule has 1 aromatic carbocycles. The lowest BCUT2D eigenvalue weighted by atomic mass is 10.1. The lowest BCUT2D eigenvalue weighted by Crippen LogP contribution is -2.20. The molecule has 0 bridgehead atoms. The van der Waals surface area contributed by atoms with Gasteiger partial charge >= 0.3 is 11.9 Å². The van der Waals surface area contributed by atoms with E-state index in [0.717, 1.165) is 0 Å². The van der Waals surface area contributed by atoms with E-state index in [1.807, 2.05) is 6.07 Å². The van der Waals surface area contributed by atoms with Crippen molar-refractivity contribution in [2.45, 2.75) is 0 Å². The van der Waals surface area contributed by atoms with Gasteiger partial charge in [0, 0.05) is 5.56 Å². The number of nitrogens with zero attached hydrogens (tertiary/aromatic N) is 1. The smallest absolute Gasteiger partial charge is 0.422 e. The Kier molecular flexibility index (Phi) is 2.98. The molecule has 1 N–H and O–H groups in total. The maximum atomic E-state index is 11.0. The molecule has 0 atom stereocenters. The number of aliphatic carboxylic acids is 1. The van der Waals surface area contributed by atoms with Gasteiger partial charge in [-0.1, -0.05) is 12.1 Å². The normalized spacial score (nSPS) is 12.5. The molecule has 0 fully saturated rings. The van der Waals surface area contributed by atoms with E-state index in [9.17, 15) is 9.59 Å². The van der Waals surface area contributed by atoms with Crippen LogP contribution < -0.4 is 9.47 Å². The molecule has 18 heavy (non-hydrogen) atoms. The van der Waals surface area contributed by atoms with Crippen molar-refractivity contribution < 1.29 is 24.2 Å². The SMILES string of the molecule is N#CC1=Cc2cccc(OC(=O)C(=O)O)c2OC1. The molecule has 1 aliphatic heterocycles. The van der Waals surface area contributed by atoms with Crippen molar-refractivity contribution in [3.8, 4) is 17.6 Å². The minimum atomic E-state index is -1.68. The van der Waals surface area contributed by atoms with Gasteiger partial charge in [0.2, 0.25) is 0 Å². The molecular weight excluding hydrogens is 238 g/mol. The van der Waals surface area contributed by atoms with Crippen LogP contribution in [0.1, 0.15) is 5.56 Å². The second kappa shape index (κ2) is 4.59. The number of hydrogen-bond donors (Lipinski definition) is 1. The first-order chi connectivity index (χ1) is 8.61. The maximum Gasteiger partial charge on any atom is 0.422 e. The molecule has 0 aromatic heterocycles. The Labute approximate surface area is 102 Å². The van der Waals surface area contributed by atoms with E-state index < -0.39 is 11.9 Å². The van der Waals surface area contributed by atoms with Crippen LogP contribution in [-0.2, 0) is 9.59 Å². The van der Waals surface area contributed by atoms with Crippen LogP contribution in [0.25, 0.3) is 6.08 Å².